The number of fused-ring (bicyclic) bond motifs is 2. The molecule has 8 nitrogen and oxygen atoms in total. The van der Waals surface area contributed by atoms with Crippen LogP contribution in [0, 0.1) is 12.8 Å². The maximum absolute atomic E-state index is 4.75. The van der Waals surface area contributed by atoms with Crippen LogP contribution in [0.3, 0.4) is 0 Å². The summed E-state index contributed by atoms with van der Waals surface area (Å²) in [5.41, 5.74) is 10.7. The highest BCUT2D eigenvalue weighted by molar-refractivity contribution is 5.66. The van der Waals surface area contributed by atoms with Crippen LogP contribution in [0.25, 0.3) is 6.08 Å². The van der Waals surface area contributed by atoms with Crippen molar-refractivity contribution in [2.24, 2.45) is 5.92 Å². The molecule has 1 aliphatic heterocycles. The Kier molecular flexibility index (Phi) is 4.53. The topological polar surface area (TPSA) is 90.9 Å². The third-order valence-electron chi connectivity index (χ3n) is 5.12. The van der Waals surface area contributed by atoms with Gasteiger partial charge in [0, 0.05) is 37.1 Å². The van der Waals surface area contributed by atoms with E-state index in [1.165, 1.54) is 5.56 Å². The predicted octanol–water partition coefficient (Wildman–Crippen LogP) is 2.72. The van der Waals surface area contributed by atoms with E-state index in [9.17, 15) is 0 Å². The Hall–Kier alpha value is -3.52. The van der Waals surface area contributed by atoms with Gasteiger partial charge in [-0.2, -0.15) is 0 Å². The molecule has 0 fully saturated rings. The van der Waals surface area contributed by atoms with Crippen molar-refractivity contribution in [1.82, 2.24) is 25.5 Å². The van der Waals surface area contributed by atoms with Gasteiger partial charge in [0.05, 0.1) is 11.9 Å². The SMILES string of the molecule is Cc1ccc(CNc2cnc3c(n2)N(CC2C=Cc4ncccc4C2)NN3)cn1. The molecular weight excluding hydrogens is 364 g/mol. The quantitative estimate of drug-likeness (QED) is 0.617. The van der Waals surface area contributed by atoms with Crippen molar-refractivity contribution in [2.45, 2.75) is 19.9 Å². The Bertz CT molecular complexity index is 1050. The molecule has 0 saturated carbocycles. The van der Waals surface area contributed by atoms with E-state index in [1.807, 2.05) is 36.5 Å². The first kappa shape index (κ1) is 17.6. The minimum absolute atomic E-state index is 0.365. The molecule has 0 aromatic carbocycles. The number of rotatable bonds is 5. The molecule has 8 heteroatoms. The summed E-state index contributed by atoms with van der Waals surface area (Å²) in [7, 11) is 0. The third kappa shape index (κ3) is 3.74. The molecule has 3 aromatic rings. The lowest BCUT2D eigenvalue weighted by Crippen LogP contribution is -2.40. The van der Waals surface area contributed by atoms with E-state index in [-0.39, 0.29) is 0 Å². The number of anilines is 3. The average molecular weight is 386 g/mol. The van der Waals surface area contributed by atoms with Gasteiger partial charge in [-0.05, 0) is 42.7 Å². The van der Waals surface area contributed by atoms with Gasteiger partial charge in [-0.3, -0.25) is 20.4 Å². The van der Waals surface area contributed by atoms with Crippen molar-refractivity contribution >= 4 is 23.5 Å². The zero-order chi connectivity index (χ0) is 19.6. The number of aryl methyl sites for hydroxylation is 1. The normalized spacial score (nSPS) is 16.9. The Morgan fingerprint density at radius 2 is 2.14 bits per heavy atom. The standard InChI is InChI=1S/C21H22N8/c1-14-4-5-16(10-23-14)11-24-19-12-25-20-21(26-19)29(28-27-20)13-15-6-7-18-17(9-15)3-2-8-22-18/h2-8,10,12,15,28H,9,11,13H2,1H3,(H,24,26)(H,25,27). The lowest BCUT2D eigenvalue weighted by molar-refractivity contribution is 0.578. The molecule has 5 rings (SSSR count). The van der Waals surface area contributed by atoms with Crippen LogP contribution in [-0.4, -0.2) is 26.5 Å². The first-order chi connectivity index (χ1) is 14.2. The lowest BCUT2D eigenvalue weighted by atomic mass is 9.92. The van der Waals surface area contributed by atoms with Crippen LogP contribution in [0.2, 0.25) is 0 Å². The Labute approximate surface area is 169 Å². The Balaban J connectivity index is 1.27. The fraction of sp³-hybridized carbons (Fsp3) is 0.238. The molecule has 0 bridgehead atoms. The predicted molar refractivity (Wildman–Crippen MR) is 113 cm³/mol. The first-order valence-electron chi connectivity index (χ1n) is 9.68. The molecule has 0 amide bonds. The molecule has 3 aromatic heterocycles. The van der Waals surface area contributed by atoms with Crippen LogP contribution in [0.1, 0.15) is 22.5 Å². The average Bonchev–Trinajstić information content (AvgIpc) is 3.15. The fourth-order valence-corrected chi connectivity index (χ4v) is 3.55. The lowest BCUT2D eigenvalue weighted by Gasteiger charge is -2.24. The Morgan fingerprint density at radius 3 is 3.03 bits per heavy atom. The second-order valence-corrected chi connectivity index (χ2v) is 7.31. The molecular formula is C21H22N8. The van der Waals surface area contributed by atoms with Crippen LogP contribution in [0.4, 0.5) is 17.5 Å². The summed E-state index contributed by atoms with van der Waals surface area (Å²) in [5.74, 6) is 2.62. The molecule has 146 valence electrons. The van der Waals surface area contributed by atoms with Crippen LogP contribution in [0.15, 0.2) is 48.9 Å². The fourth-order valence-electron chi connectivity index (χ4n) is 3.55. The molecule has 4 heterocycles. The van der Waals surface area contributed by atoms with E-state index < -0.39 is 0 Å². The molecule has 0 spiro atoms. The number of pyridine rings is 2. The highest BCUT2D eigenvalue weighted by atomic mass is 15.7. The van der Waals surface area contributed by atoms with Gasteiger partial charge < -0.3 is 5.32 Å². The maximum atomic E-state index is 4.75. The van der Waals surface area contributed by atoms with Gasteiger partial charge in [0.2, 0.25) is 0 Å². The molecule has 0 radical (unpaired) electrons. The van der Waals surface area contributed by atoms with E-state index in [1.54, 1.807) is 6.20 Å². The zero-order valence-electron chi connectivity index (χ0n) is 16.1. The number of hydrogen-bond acceptors (Lipinski definition) is 8. The summed E-state index contributed by atoms with van der Waals surface area (Å²) in [4.78, 5) is 18.0. The minimum atomic E-state index is 0.365. The van der Waals surface area contributed by atoms with Gasteiger partial charge in [-0.25, -0.2) is 9.97 Å². The highest BCUT2D eigenvalue weighted by Gasteiger charge is 2.25. The molecule has 1 aliphatic carbocycles. The largest absolute Gasteiger partial charge is 0.365 e. The van der Waals surface area contributed by atoms with Crippen molar-refractivity contribution in [3.63, 3.8) is 0 Å². The van der Waals surface area contributed by atoms with Crippen LogP contribution in [0.5, 0.6) is 0 Å². The summed E-state index contributed by atoms with van der Waals surface area (Å²) < 4.78 is 0. The summed E-state index contributed by atoms with van der Waals surface area (Å²) in [5, 5.41) is 5.34. The molecule has 3 N–H and O–H groups in total. The molecule has 0 saturated heterocycles. The van der Waals surface area contributed by atoms with Crippen molar-refractivity contribution in [3.05, 3.63) is 71.4 Å². The van der Waals surface area contributed by atoms with Gasteiger partial charge in [0.1, 0.15) is 5.82 Å². The first-order valence-corrected chi connectivity index (χ1v) is 9.68. The van der Waals surface area contributed by atoms with Crippen molar-refractivity contribution in [1.29, 1.82) is 0 Å². The van der Waals surface area contributed by atoms with Crippen LogP contribution in [-0.2, 0) is 13.0 Å². The number of hydrazine groups is 2. The van der Waals surface area contributed by atoms with E-state index in [0.717, 1.165) is 47.4 Å². The number of nitrogens with zero attached hydrogens (tertiary/aromatic N) is 5. The van der Waals surface area contributed by atoms with E-state index in [0.29, 0.717) is 12.5 Å². The second-order valence-electron chi connectivity index (χ2n) is 7.31. The third-order valence-corrected chi connectivity index (χ3v) is 5.12. The number of nitrogens with one attached hydrogen (secondary N) is 3. The molecule has 1 unspecified atom stereocenters. The smallest absolute Gasteiger partial charge is 0.191 e. The van der Waals surface area contributed by atoms with Gasteiger partial charge in [0.15, 0.2) is 11.6 Å². The summed E-state index contributed by atoms with van der Waals surface area (Å²) in [6.07, 6.45) is 10.7. The molecule has 2 aliphatic rings. The minimum Gasteiger partial charge on any atom is -0.365 e. The second kappa shape index (κ2) is 7.48. The molecule has 1 atom stereocenters. The van der Waals surface area contributed by atoms with Crippen molar-refractivity contribution in [3.8, 4) is 0 Å². The van der Waals surface area contributed by atoms with Crippen LogP contribution < -0.4 is 21.3 Å². The van der Waals surface area contributed by atoms with E-state index in [2.05, 4.69) is 55.5 Å². The van der Waals surface area contributed by atoms with Gasteiger partial charge in [0.25, 0.3) is 0 Å². The van der Waals surface area contributed by atoms with Crippen LogP contribution >= 0.6 is 0 Å². The number of aromatic nitrogens is 4. The summed E-state index contributed by atoms with van der Waals surface area (Å²) in [6.45, 7) is 3.41. The van der Waals surface area contributed by atoms with Gasteiger partial charge >= 0.3 is 0 Å². The van der Waals surface area contributed by atoms with Crippen molar-refractivity contribution in [2.75, 3.05) is 22.3 Å². The van der Waals surface area contributed by atoms with E-state index >= 15 is 0 Å². The number of hydrogen-bond donors (Lipinski definition) is 3. The monoisotopic (exact) mass is 386 g/mol. The summed E-state index contributed by atoms with van der Waals surface area (Å²) >= 11 is 0. The maximum Gasteiger partial charge on any atom is 0.191 e. The van der Waals surface area contributed by atoms with Gasteiger partial charge in [-0.15, -0.1) is 5.53 Å². The zero-order valence-corrected chi connectivity index (χ0v) is 16.1. The van der Waals surface area contributed by atoms with E-state index in [4.69, 9.17) is 4.98 Å². The summed E-state index contributed by atoms with van der Waals surface area (Å²) in [6, 6.07) is 8.21. The highest BCUT2D eigenvalue weighted by Crippen LogP contribution is 2.29. The Morgan fingerprint density at radius 1 is 1.17 bits per heavy atom. The molecule has 29 heavy (non-hydrogen) atoms. The van der Waals surface area contributed by atoms with Gasteiger partial charge in [-0.1, -0.05) is 18.2 Å². The van der Waals surface area contributed by atoms with Crippen molar-refractivity contribution < 1.29 is 0 Å².